The van der Waals surface area contributed by atoms with Crippen LogP contribution < -0.4 is 0 Å². The topological polar surface area (TPSA) is 3.24 Å². The van der Waals surface area contributed by atoms with E-state index < -0.39 is 0 Å². The molecule has 0 unspecified atom stereocenters. The Morgan fingerprint density at radius 3 is 2.55 bits per heavy atom. The Morgan fingerprint density at radius 2 is 1.90 bits per heavy atom. The van der Waals surface area contributed by atoms with Crippen molar-refractivity contribution in [2.45, 2.75) is 27.3 Å². The molecular formula is C19H23N. The first kappa shape index (κ1) is 15.9. The summed E-state index contributed by atoms with van der Waals surface area (Å²) in [6.07, 6.45) is 5.94. The summed E-state index contributed by atoms with van der Waals surface area (Å²) in [4.78, 5) is 2.21. The van der Waals surface area contributed by atoms with Gasteiger partial charge in [-0.3, -0.25) is 0 Å². The quantitative estimate of drug-likeness (QED) is 0.710. The molecular weight excluding hydrogens is 242 g/mol. The van der Waals surface area contributed by atoms with Crippen molar-refractivity contribution in [3.8, 4) is 11.8 Å². The average Bonchev–Trinajstić information content (AvgIpc) is 2.48. The van der Waals surface area contributed by atoms with Crippen LogP contribution in [0.5, 0.6) is 0 Å². The monoisotopic (exact) mass is 265 g/mol. The molecule has 0 atom stereocenters. The fourth-order valence-electron chi connectivity index (χ4n) is 2.06. The second kappa shape index (κ2) is 8.07. The molecule has 0 radical (unpaired) electrons. The fourth-order valence-corrected chi connectivity index (χ4v) is 2.06. The number of rotatable bonds is 2. The maximum absolute atomic E-state index is 3.86. The molecule has 1 aromatic rings. The van der Waals surface area contributed by atoms with Crippen molar-refractivity contribution in [1.82, 2.24) is 4.90 Å². The molecule has 1 aliphatic rings. The van der Waals surface area contributed by atoms with Crippen molar-refractivity contribution in [2.75, 3.05) is 7.05 Å². The van der Waals surface area contributed by atoms with Gasteiger partial charge in [0.25, 0.3) is 0 Å². The van der Waals surface area contributed by atoms with Crippen LogP contribution in [0, 0.1) is 11.8 Å². The summed E-state index contributed by atoms with van der Waals surface area (Å²) in [6, 6.07) is 8.28. The van der Waals surface area contributed by atoms with Crippen molar-refractivity contribution >= 4 is 0 Å². The molecule has 0 fully saturated rings. The van der Waals surface area contributed by atoms with E-state index in [4.69, 9.17) is 0 Å². The predicted octanol–water partition coefficient (Wildman–Crippen LogP) is 4.53. The smallest absolute Gasteiger partial charge is 0.0522 e. The van der Waals surface area contributed by atoms with Gasteiger partial charge in [0.05, 0.1) is 5.70 Å². The lowest BCUT2D eigenvalue weighted by Crippen LogP contribution is -2.19. The number of allylic oxidation sites excluding steroid dienone is 4. The Bertz CT molecular complexity index is 579. The molecule has 0 bridgehead atoms. The van der Waals surface area contributed by atoms with Crippen molar-refractivity contribution in [2.24, 2.45) is 0 Å². The molecule has 0 saturated heterocycles. The molecule has 1 aromatic carbocycles. The van der Waals surface area contributed by atoms with Crippen LogP contribution >= 0.6 is 0 Å². The first-order chi connectivity index (χ1) is 9.76. The number of nitrogens with zero attached hydrogens (tertiary/aromatic N) is 1. The van der Waals surface area contributed by atoms with Crippen LogP contribution in [0.2, 0.25) is 0 Å². The van der Waals surface area contributed by atoms with E-state index in [2.05, 4.69) is 54.6 Å². The average molecular weight is 265 g/mol. The van der Waals surface area contributed by atoms with Gasteiger partial charge < -0.3 is 4.90 Å². The molecule has 2 rings (SSSR count). The van der Waals surface area contributed by atoms with E-state index in [1.807, 2.05) is 39.0 Å². The Hall–Kier alpha value is -2.20. The van der Waals surface area contributed by atoms with Crippen molar-refractivity contribution in [3.63, 3.8) is 0 Å². The summed E-state index contributed by atoms with van der Waals surface area (Å²) < 4.78 is 0. The third kappa shape index (κ3) is 3.65. The molecule has 0 N–H and O–H groups in total. The second-order valence-corrected chi connectivity index (χ2v) is 4.27. The normalized spacial score (nSPS) is 17.1. The number of fused-ring (bicyclic) bond motifs is 1. The maximum atomic E-state index is 3.86. The van der Waals surface area contributed by atoms with Crippen LogP contribution in [-0.2, 0) is 6.54 Å². The third-order valence-corrected chi connectivity index (χ3v) is 2.97. The van der Waals surface area contributed by atoms with Crippen LogP contribution in [0.4, 0.5) is 0 Å². The fraction of sp³-hybridized carbons (Fsp3) is 0.263. The van der Waals surface area contributed by atoms with Crippen LogP contribution in [0.1, 0.15) is 31.9 Å². The number of hydrogen-bond donors (Lipinski definition) is 0. The summed E-state index contributed by atoms with van der Waals surface area (Å²) in [5.41, 5.74) is 4.46. The van der Waals surface area contributed by atoms with Crippen molar-refractivity contribution in [1.29, 1.82) is 0 Å². The van der Waals surface area contributed by atoms with Gasteiger partial charge in [-0.05, 0) is 24.6 Å². The molecule has 0 aliphatic carbocycles. The van der Waals surface area contributed by atoms with Gasteiger partial charge in [0, 0.05) is 24.7 Å². The minimum absolute atomic E-state index is 0.863. The first-order valence-electron chi connectivity index (χ1n) is 7.06. The summed E-state index contributed by atoms with van der Waals surface area (Å²) >= 11 is 0. The van der Waals surface area contributed by atoms with Gasteiger partial charge in [0.1, 0.15) is 0 Å². The van der Waals surface area contributed by atoms with E-state index in [0.29, 0.717) is 0 Å². The van der Waals surface area contributed by atoms with Crippen LogP contribution in [0.15, 0.2) is 60.3 Å². The molecule has 0 spiro atoms. The second-order valence-electron chi connectivity index (χ2n) is 4.27. The van der Waals surface area contributed by atoms with E-state index >= 15 is 0 Å². The summed E-state index contributed by atoms with van der Waals surface area (Å²) in [5.74, 6) is 6.45. The van der Waals surface area contributed by atoms with Gasteiger partial charge in [-0.15, -0.1) is 0 Å². The van der Waals surface area contributed by atoms with E-state index in [0.717, 1.165) is 23.4 Å². The maximum Gasteiger partial charge on any atom is 0.0522 e. The van der Waals surface area contributed by atoms with Crippen LogP contribution in [0.25, 0.3) is 0 Å². The van der Waals surface area contributed by atoms with Gasteiger partial charge >= 0.3 is 0 Å². The van der Waals surface area contributed by atoms with Crippen LogP contribution in [-0.4, -0.2) is 11.9 Å². The molecule has 0 saturated carbocycles. The molecule has 1 nitrogen and oxygen atoms in total. The zero-order valence-corrected chi connectivity index (χ0v) is 12.9. The molecule has 20 heavy (non-hydrogen) atoms. The van der Waals surface area contributed by atoms with Gasteiger partial charge in [-0.25, -0.2) is 0 Å². The highest BCUT2D eigenvalue weighted by atomic mass is 15.1. The molecule has 104 valence electrons. The molecule has 1 heteroatoms. The molecule has 0 amide bonds. The highest BCUT2D eigenvalue weighted by Crippen LogP contribution is 2.19. The van der Waals surface area contributed by atoms with E-state index in [-0.39, 0.29) is 0 Å². The van der Waals surface area contributed by atoms with Crippen molar-refractivity contribution in [3.05, 3.63) is 71.5 Å². The minimum Gasteiger partial charge on any atom is -0.369 e. The first-order valence-corrected chi connectivity index (χ1v) is 7.06. The zero-order valence-electron chi connectivity index (χ0n) is 12.9. The van der Waals surface area contributed by atoms with Gasteiger partial charge in [0.15, 0.2) is 0 Å². The molecule has 1 aliphatic heterocycles. The Morgan fingerprint density at radius 1 is 1.20 bits per heavy atom. The van der Waals surface area contributed by atoms with Gasteiger partial charge in [-0.2, -0.15) is 0 Å². The minimum atomic E-state index is 0.863. The highest BCUT2D eigenvalue weighted by Gasteiger charge is 2.10. The number of likely N-dealkylation sites (N-methyl/N-ethyl adjacent to an activating group) is 1. The Balaban J connectivity index is 0.000000956. The lowest BCUT2D eigenvalue weighted by atomic mass is 10.0. The highest BCUT2D eigenvalue weighted by molar-refractivity contribution is 5.52. The number of benzene rings is 1. The standard InChI is InChI=1S/C17H17N.C2H6/c1-4-8-17-14(5-2)11-12-15-9-6-7-10-16(15)13-18(17)3;1-2/h4-10H,2,13H2,1,3H3;1-2H3/b8-4-,17-14-;. The van der Waals surface area contributed by atoms with Crippen molar-refractivity contribution < 1.29 is 0 Å². The Labute approximate surface area is 123 Å². The van der Waals surface area contributed by atoms with Gasteiger partial charge in [0.2, 0.25) is 0 Å². The van der Waals surface area contributed by atoms with Gasteiger partial charge in [-0.1, -0.05) is 62.6 Å². The lowest BCUT2D eigenvalue weighted by Gasteiger charge is -2.23. The predicted molar refractivity (Wildman–Crippen MR) is 88.2 cm³/mol. The Kier molecular flexibility index (Phi) is 6.40. The zero-order chi connectivity index (χ0) is 15.0. The molecule has 1 heterocycles. The lowest BCUT2D eigenvalue weighted by molar-refractivity contribution is 0.422. The number of hydrogen-bond acceptors (Lipinski definition) is 1. The summed E-state index contributed by atoms with van der Waals surface area (Å²) in [6.45, 7) is 10.7. The third-order valence-electron chi connectivity index (χ3n) is 2.97. The SMILES string of the molecule is C=C/C1=C(\C=C/C)N(C)Cc2ccccc2C#C1.CC. The summed E-state index contributed by atoms with van der Waals surface area (Å²) in [7, 11) is 2.09. The van der Waals surface area contributed by atoms with Crippen LogP contribution in [0.3, 0.4) is 0 Å². The summed E-state index contributed by atoms with van der Waals surface area (Å²) in [5, 5.41) is 0. The van der Waals surface area contributed by atoms with E-state index in [1.165, 1.54) is 5.56 Å². The van der Waals surface area contributed by atoms with E-state index in [1.54, 1.807) is 0 Å². The van der Waals surface area contributed by atoms with E-state index in [9.17, 15) is 0 Å². The molecule has 0 aromatic heterocycles. The largest absolute Gasteiger partial charge is 0.369 e.